The lowest BCUT2D eigenvalue weighted by Gasteiger charge is -2.39. The van der Waals surface area contributed by atoms with Crippen molar-refractivity contribution in [2.45, 2.75) is 19.9 Å². The Kier molecular flexibility index (Phi) is 3.89. The summed E-state index contributed by atoms with van der Waals surface area (Å²) >= 11 is 0. The van der Waals surface area contributed by atoms with E-state index in [9.17, 15) is 4.79 Å². The third kappa shape index (κ3) is 2.45. The third-order valence-electron chi connectivity index (χ3n) is 2.65. The molecular weight excluding hydrogens is 178 g/mol. The molecule has 1 aliphatic heterocycles. The van der Waals surface area contributed by atoms with Crippen molar-refractivity contribution in [3.8, 4) is 0 Å². The summed E-state index contributed by atoms with van der Waals surface area (Å²) in [7, 11) is 1.84. The van der Waals surface area contributed by atoms with Crippen LogP contribution in [0, 0.1) is 5.92 Å². The highest BCUT2D eigenvalue weighted by Crippen LogP contribution is 2.11. The molecule has 4 nitrogen and oxygen atoms in total. The summed E-state index contributed by atoms with van der Waals surface area (Å²) < 4.78 is 0. The van der Waals surface area contributed by atoms with Gasteiger partial charge in [0.25, 0.3) is 0 Å². The van der Waals surface area contributed by atoms with E-state index in [4.69, 9.17) is 5.73 Å². The van der Waals surface area contributed by atoms with Gasteiger partial charge in [-0.2, -0.15) is 0 Å². The lowest BCUT2D eigenvalue weighted by molar-refractivity contribution is -0.139. The van der Waals surface area contributed by atoms with Crippen LogP contribution < -0.4 is 5.73 Å². The summed E-state index contributed by atoms with van der Waals surface area (Å²) in [4.78, 5) is 15.7. The highest BCUT2D eigenvalue weighted by molar-refractivity contribution is 5.82. The maximum atomic E-state index is 11.8. The summed E-state index contributed by atoms with van der Waals surface area (Å²) in [5, 5.41) is 0. The number of carbonyl (C=O) groups is 1. The zero-order chi connectivity index (χ0) is 10.7. The standard InChI is InChI=1S/C10H21N3O/c1-8(2)7-13-5-4-12(3)10(14)9(13)6-11/h8-9H,4-7,11H2,1-3H3. The molecule has 2 N–H and O–H groups in total. The van der Waals surface area contributed by atoms with Crippen LogP contribution in [-0.4, -0.2) is 55.0 Å². The number of rotatable bonds is 3. The molecule has 1 saturated heterocycles. The second-order valence-electron chi connectivity index (χ2n) is 4.40. The minimum absolute atomic E-state index is 0.101. The van der Waals surface area contributed by atoms with E-state index in [1.807, 2.05) is 7.05 Å². The monoisotopic (exact) mass is 199 g/mol. The van der Waals surface area contributed by atoms with Crippen molar-refractivity contribution in [1.29, 1.82) is 0 Å². The molecule has 1 fully saturated rings. The number of hydrogen-bond acceptors (Lipinski definition) is 3. The largest absolute Gasteiger partial charge is 0.343 e. The Labute approximate surface area is 86.0 Å². The molecule has 0 saturated carbocycles. The minimum atomic E-state index is -0.101. The maximum absolute atomic E-state index is 11.8. The van der Waals surface area contributed by atoms with Gasteiger partial charge in [-0.3, -0.25) is 9.69 Å². The Morgan fingerprint density at radius 1 is 1.50 bits per heavy atom. The molecule has 0 bridgehead atoms. The molecule has 1 rings (SSSR count). The van der Waals surface area contributed by atoms with Crippen LogP contribution in [0.2, 0.25) is 0 Å². The van der Waals surface area contributed by atoms with Crippen LogP contribution in [-0.2, 0) is 4.79 Å². The summed E-state index contributed by atoms with van der Waals surface area (Å²) in [6.07, 6.45) is 0. The number of nitrogens with zero attached hydrogens (tertiary/aromatic N) is 2. The predicted octanol–water partition coefficient (Wildman–Crippen LogP) is -0.256. The zero-order valence-electron chi connectivity index (χ0n) is 9.36. The van der Waals surface area contributed by atoms with Gasteiger partial charge in [-0.05, 0) is 5.92 Å². The quantitative estimate of drug-likeness (QED) is 0.681. The van der Waals surface area contributed by atoms with Crippen molar-refractivity contribution in [2.75, 3.05) is 33.2 Å². The number of nitrogens with two attached hydrogens (primary N) is 1. The van der Waals surface area contributed by atoms with E-state index in [0.717, 1.165) is 19.6 Å². The molecular formula is C10H21N3O. The molecule has 1 unspecified atom stereocenters. The van der Waals surface area contributed by atoms with Gasteiger partial charge in [0.2, 0.25) is 5.91 Å². The van der Waals surface area contributed by atoms with Crippen molar-refractivity contribution in [1.82, 2.24) is 9.80 Å². The highest BCUT2D eigenvalue weighted by Gasteiger charge is 2.31. The molecule has 14 heavy (non-hydrogen) atoms. The maximum Gasteiger partial charge on any atom is 0.241 e. The summed E-state index contributed by atoms with van der Waals surface area (Å²) in [5.74, 6) is 0.750. The summed E-state index contributed by atoms with van der Waals surface area (Å²) in [5.41, 5.74) is 5.63. The molecule has 0 aromatic carbocycles. The number of amides is 1. The van der Waals surface area contributed by atoms with Crippen LogP contribution in [0.1, 0.15) is 13.8 Å². The number of carbonyl (C=O) groups excluding carboxylic acids is 1. The minimum Gasteiger partial charge on any atom is -0.343 e. The number of hydrogen-bond donors (Lipinski definition) is 1. The highest BCUT2D eigenvalue weighted by atomic mass is 16.2. The van der Waals surface area contributed by atoms with E-state index in [2.05, 4.69) is 18.7 Å². The van der Waals surface area contributed by atoms with Crippen molar-refractivity contribution in [3.63, 3.8) is 0 Å². The van der Waals surface area contributed by atoms with Crippen molar-refractivity contribution in [3.05, 3.63) is 0 Å². The fourth-order valence-corrected chi connectivity index (χ4v) is 1.89. The molecule has 0 aliphatic carbocycles. The Hall–Kier alpha value is -0.610. The van der Waals surface area contributed by atoms with Gasteiger partial charge in [0.1, 0.15) is 6.04 Å². The van der Waals surface area contributed by atoms with Crippen LogP contribution in [0.25, 0.3) is 0 Å². The second-order valence-corrected chi connectivity index (χ2v) is 4.40. The van der Waals surface area contributed by atoms with E-state index in [0.29, 0.717) is 12.5 Å². The van der Waals surface area contributed by atoms with Gasteiger partial charge in [-0.25, -0.2) is 0 Å². The van der Waals surface area contributed by atoms with Crippen LogP contribution in [0.3, 0.4) is 0 Å². The van der Waals surface area contributed by atoms with Crippen LogP contribution in [0.4, 0.5) is 0 Å². The predicted molar refractivity (Wildman–Crippen MR) is 56.9 cm³/mol. The van der Waals surface area contributed by atoms with E-state index < -0.39 is 0 Å². The molecule has 1 atom stereocenters. The number of likely N-dealkylation sites (N-methyl/N-ethyl adjacent to an activating group) is 1. The van der Waals surface area contributed by atoms with Gasteiger partial charge in [-0.15, -0.1) is 0 Å². The summed E-state index contributed by atoms with van der Waals surface area (Å²) in [6, 6.07) is -0.101. The lowest BCUT2D eigenvalue weighted by Crippen LogP contribution is -2.59. The van der Waals surface area contributed by atoms with E-state index >= 15 is 0 Å². The smallest absolute Gasteiger partial charge is 0.241 e. The average Bonchev–Trinajstić information content (AvgIpc) is 2.11. The van der Waals surface area contributed by atoms with Gasteiger partial charge in [0.05, 0.1) is 0 Å². The van der Waals surface area contributed by atoms with E-state index in [1.54, 1.807) is 4.90 Å². The summed E-state index contributed by atoms with van der Waals surface area (Å²) in [6.45, 7) is 7.48. The van der Waals surface area contributed by atoms with Gasteiger partial charge in [0.15, 0.2) is 0 Å². The first-order valence-electron chi connectivity index (χ1n) is 5.25. The van der Waals surface area contributed by atoms with E-state index in [1.165, 1.54) is 0 Å². The Bertz CT molecular complexity index is 206. The van der Waals surface area contributed by atoms with Crippen molar-refractivity contribution < 1.29 is 4.79 Å². The third-order valence-corrected chi connectivity index (χ3v) is 2.65. The Balaban J connectivity index is 2.62. The van der Waals surface area contributed by atoms with Gasteiger partial charge < -0.3 is 10.6 Å². The average molecular weight is 199 g/mol. The first-order chi connectivity index (χ1) is 6.56. The van der Waals surface area contributed by atoms with E-state index in [-0.39, 0.29) is 11.9 Å². The number of piperazine rings is 1. The fraction of sp³-hybridized carbons (Fsp3) is 0.900. The molecule has 1 aliphatic rings. The molecule has 82 valence electrons. The van der Waals surface area contributed by atoms with Gasteiger partial charge in [-0.1, -0.05) is 13.8 Å². The second kappa shape index (κ2) is 4.75. The Morgan fingerprint density at radius 2 is 2.14 bits per heavy atom. The lowest BCUT2D eigenvalue weighted by atomic mass is 10.1. The molecule has 1 amide bonds. The molecule has 0 radical (unpaired) electrons. The SMILES string of the molecule is CC(C)CN1CCN(C)C(=O)C1CN. The fourth-order valence-electron chi connectivity index (χ4n) is 1.89. The molecule has 1 heterocycles. The Morgan fingerprint density at radius 3 is 2.64 bits per heavy atom. The normalized spacial score (nSPS) is 24.8. The topological polar surface area (TPSA) is 49.6 Å². The van der Waals surface area contributed by atoms with Crippen molar-refractivity contribution >= 4 is 5.91 Å². The first kappa shape index (κ1) is 11.5. The molecule has 0 aromatic rings. The first-order valence-corrected chi connectivity index (χ1v) is 5.25. The molecule has 0 aromatic heterocycles. The van der Waals surface area contributed by atoms with Gasteiger partial charge in [0, 0.05) is 33.2 Å². The molecule has 0 spiro atoms. The van der Waals surface area contributed by atoms with Crippen LogP contribution >= 0.6 is 0 Å². The molecule has 4 heteroatoms. The van der Waals surface area contributed by atoms with Crippen LogP contribution in [0.15, 0.2) is 0 Å². The van der Waals surface area contributed by atoms with Crippen LogP contribution in [0.5, 0.6) is 0 Å². The van der Waals surface area contributed by atoms with Gasteiger partial charge >= 0.3 is 0 Å². The van der Waals surface area contributed by atoms with Crippen molar-refractivity contribution in [2.24, 2.45) is 11.7 Å². The zero-order valence-corrected chi connectivity index (χ0v) is 9.36.